The Bertz CT molecular complexity index is 880. The first-order valence-electron chi connectivity index (χ1n) is 7.95. The molecule has 3 rings (SSSR count). The maximum absolute atomic E-state index is 13.7. The third kappa shape index (κ3) is 3.88. The SMILES string of the molecule is Cc1cc(Br)c2c(c1)C(=O)[C@@H](Cc1ccc(F)c(OCC(=O)O)c1)CO2. The zero-order chi connectivity index (χ0) is 18.8. The Hall–Kier alpha value is -2.41. The Morgan fingerprint density at radius 1 is 1.38 bits per heavy atom. The number of carboxylic acid groups (broad SMARTS) is 1. The van der Waals surface area contributed by atoms with Crippen LogP contribution in [0.5, 0.6) is 11.5 Å². The molecule has 0 fully saturated rings. The number of fused-ring (bicyclic) bond motifs is 1. The quantitative estimate of drug-likeness (QED) is 0.793. The first-order valence-corrected chi connectivity index (χ1v) is 8.74. The summed E-state index contributed by atoms with van der Waals surface area (Å²) in [5, 5.41) is 8.66. The molecule has 1 N–H and O–H groups in total. The molecular weight excluding hydrogens is 407 g/mol. The van der Waals surface area contributed by atoms with Gasteiger partial charge in [-0.15, -0.1) is 0 Å². The summed E-state index contributed by atoms with van der Waals surface area (Å²) >= 11 is 3.41. The second-order valence-electron chi connectivity index (χ2n) is 6.15. The van der Waals surface area contributed by atoms with Crippen LogP contribution in [0.3, 0.4) is 0 Å². The summed E-state index contributed by atoms with van der Waals surface area (Å²) in [6.07, 6.45) is 0.341. The number of hydrogen-bond acceptors (Lipinski definition) is 4. The van der Waals surface area contributed by atoms with E-state index in [1.807, 2.05) is 13.0 Å². The van der Waals surface area contributed by atoms with E-state index in [-0.39, 0.29) is 18.1 Å². The van der Waals surface area contributed by atoms with Crippen molar-refractivity contribution >= 4 is 27.7 Å². The normalized spacial score (nSPS) is 16.0. The number of carboxylic acids is 1. The van der Waals surface area contributed by atoms with Crippen LogP contribution in [0.2, 0.25) is 0 Å². The van der Waals surface area contributed by atoms with Crippen molar-refractivity contribution in [3.05, 3.63) is 57.3 Å². The number of rotatable bonds is 5. The van der Waals surface area contributed by atoms with Crippen molar-refractivity contribution in [2.24, 2.45) is 5.92 Å². The number of aryl methyl sites for hydroxylation is 1. The summed E-state index contributed by atoms with van der Waals surface area (Å²) in [6.45, 7) is 1.48. The number of ketones is 1. The van der Waals surface area contributed by atoms with Crippen molar-refractivity contribution in [1.29, 1.82) is 0 Å². The van der Waals surface area contributed by atoms with Gasteiger partial charge in [-0.1, -0.05) is 6.07 Å². The number of carbonyl (C=O) groups excluding carboxylic acids is 1. The van der Waals surface area contributed by atoms with E-state index in [9.17, 15) is 14.0 Å². The van der Waals surface area contributed by atoms with Crippen molar-refractivity contribution in [2.75, 3.05) is 13.2 Å². The van der Waals surface area contributed by atoms with Crippen LogP contribution in [0.4, 0.5) is 4.39 Å². The van der Waals surface area contributed by atoms with Gasteiger partial charge in [-0.3, -0.25) is 4.79 Å². The Kier molecular flexibility index (Phi) is 5.27. The van der Waals surface area contributed by atoms with Crippen molar-refractivity contribution < 1.29 is 28.6 Å². The van der Waals surface area contributed by atoms with E-state index in [1.54, 1.807) is 12.1 Å². The molecule has 7 heteroatoms. The zero-order valence-electron chi connectivity index (χ0n) is 13.9. The minimum absolute atomic E-state index is 0.0343. The van der Waals surface area contributed by atoms with Gasteiger partial charge in [0.15, 0.2) is 24.0 Å². The van der Waals surface area contributed by atoms with Gasteiger partial charge in [-0.2, -0.15) is 0 Å². The number of ether oxygens (including phenoxy) is 2. The molecule has 0 saturated heterocycles. The molecule has 5 nitrogen and oxygen atoms in total. The lowest BCUT2D eigenvalue weighted by Gasteiger charge is -2.25. The van der Waals surface area contributed by atoms with Gasteiger partial charge in [0.05, 0.1) is 22.6 Å². The summed E-state index contributed by atoms with van der Waals surface area (Å²) in [7, 11) is 0. The van der Waals surface area contributed by atoms with Crippen LogP contribution in [0.25, 0.3) is 0 Å². The van der Waals surface area contributed by atoms with Crippen LogP contribution in [0.15, 0.2) is 34.8 Å². The van der Waals surface area contributed by atoms with Crippen LogP contribution in [-0.2, 0) is 11.2 Å². The summed E-state index contributed by atoms with van der Waals surface area (Å²) in [4.78, 5) is 23.4. The molecule has 0 aliphatic carbocycles. The van der Waals surface area contributed by atoms with Crippen LogP contribution < -0.4 is 9.47 Å². The van der Waals surface area contributed by atoms with E-state index in [2.05, 4.69) is 15.9 Å². The Morgan fingerprint density at radius 3 is 2.88 bits per heavy atom. The molecule has 2 aromatic carbocycles. The van der Waals surface area contributed by atoms with Gasteiger partial charge in [-0.05, 0) is 64.7 Å². The molecule has 1 aliphatic heterocycles. The van der Waals surface area contributed by atoms with Crippen molar-refractivity contribution in [1.82, 2.24) is 0 Å². The molecule has 0 amide bonds. The highest BCUT2D eigenvalue weighted by atomic mass is 79.9. The standard InChI is InChI=1S/C19H16BrFO5/c1-10-4-13-18(24)12(8-26-19(13)14(20)5-10)6-11-2-3-15(21)16(7-11)25-9-17(22)23/h2-5,7,12H,6,8-9H2,1H3,(H,22,23)/t12-/m0/s1. The lowest BCUT2D eigenvalue weighted by molar-refractivity contribution is -0.139. The minimum atomic E-state index is -1.19. The Balaban J connectivity index is 1.80. The van der Waals surface area contributed by atoms with Crippen molar-refractivity contribution in [3.8, 4) is 11.5 Å². The average molecular weight is 423 g/mol. The van der Waals surface area contributed by atoms with Crippen LogP contribution >= 0.6 is 15.9 Å². The number of Topliss-reactive ketones (excluding diaryl/α,β-unsaturated/α-hetero) is 1. The van der Waals surface area contributed by atoms with Gasteiger partial charge in [0.2, 0.25) is 0 Å². The molecule has 1 aliphatic rings. The highest BCUT2D eigenvalue weighted by Crippen LogP contribution is 2.36. The molecular formula is C19H16BrFO5. The molecule has 2 aromatic rings. The lowest BCUT2D eigenvalue weighted by Crippen LogP contribution is -2.29. The fraction of sp³-hybridized carbons (Fsp3) is 0.263. The molecule has 0 bridgehead atoms. The molecule has 26 heavy (non-hydrogen) atoms. The third-order valence-electron chi connectivity index (χ3n) is 4.08. The second-order valence-corrected chi connectivity index (χ2v) is 7.00. The first kappa shape index (κ1) is 18.4. The Labute approximate surface area is 157 Å². The first-order chi connectivity index (χ1) is 12.3. The van der Waals surface area contributed by atoms with E-state index in [1.165, 1.54) is 12.1 Å². The highest BCUT2D eigenvalue weighted by molar-refractivity contribution is 9.10. The predicted molar refractivity (Wildman–Crippen MR) is 95.4 cm³/mol. The number of benzene rings is 2. The summed E-state index contributed by atoms with van der Waals surface area (Å²) in [5.74, 6) is -1.88. The molecule has 0 unspecified atom stereocenters. The molecule has 0 radical (unpaired) electrons. The predicted octanol–water partition coefficient (Wildman–Crippen LogP) is 3.79. The van der Waals surface area contributed by atoms with E-state index < -0.39 is 24.3 Å². The molecule has 1 atom stereocenters. The topological polar surface area (TPSA) is 72.8 Å². The largest absolute Gasteiger partial charge is 0.491 e. The van der Waals surface area contributed by atoms with Crippen LogP contribution in [-0.4, -0.2) is 30.1 Å². The smallest absolute Gasteiger partial charge is 0.341 e. The third-order valence-corrected chi connectivity index (χ3v) is 4.67. The van der Waals surface area contributed by atoms with Gasteiger partial charge in [0.25, 0.3) is 0 Å². The van der Waals surface area contributed by atoms with Gasteiger partial charge in [0.1, 0.15) is 5.75 Å². The van der Waals surface area contributed by atoms with Crippen molar-refractivity contribution in [3.63, 3.8) is 0 Å². The second kappa shape index (κ2) is 7.45. The Morgan fingerprint density at radius 2 is 2.15 bits per heavy atom. The number of carbonyl (C=O) groups is 2. The number of aliphatic carboxylic acids is 1. The van der Waals surface area contributed by atoms with Gasteiger partial charge in [0, 0.05) is 0 Å². The lowest BCUT2D eigenvalue weighted by atomic mass is 9.89. The van der Waals surface area contributed by atoms with Gasteiger partial charge >= 0.3 is 5.97 Å². The van der Waals surface area contributed by atoms with Crippen LogP contribution in [0, 0.1) is 18.7 Å². The summed E-state index contributed by atoms with van der Waals surface area (Å²) in [5.41, 5.74) is 2.14. The highest BCUT2D eigenvalue weighted by Gasteiger charge is 2.30. The molecule has 1 heterocycles. The van der Waals surface area contributed by atoms with E-state index in [0.717, 1.165) is 10.0 Å². The van der Waals surface area contributed by atoms with Gasteiger partial charge in [-0.25, -0.2) is 9.18 Å². The monoisotopic (exact) mass is 422 g/mol. The molecule has 0 spiro atoms. The van der Waals surface area contributed by atoms with E-state index in [0.29, 0.717) is 23.3 Å². The van der Waals surface area contributed by atoms with E-state index >= 15 is 0 Å². The fourth-order valence-electron chi connectivity index (χ4n) is 2.90. The minimum Gasteiger partial charge on any atom is -0.491 e. The number of halogens is 2. The van der Waals surface area contributed by atoms with Crippen molar-refractivity contribution in [2.45, 2.75) is 13.3 Å². The molecule has 0 aromatic heterocycles. The van der Waals surface area contributed by atoms with Gasteiger partial charge < -0.3 is 14.6 Å². The zero-order valence-corrected chi connectivity index (χ0v) is 15.5. The molecule has 0 saturated carbocycles. The average Bonchev–Trinajstić information content (AvgIpc) is 2.58. The summed E-state index contributed by atoms with van der Waals surface area (Å²) < 4.78 is 25.2. The number of hydrogen-bond donors (Lipinski definition) is 1. The molecule has 136 valence electrons. The fourth-order valence-corrected chi connectivity index (χ4v) is 3.59. The summed E-state index contributed by atoms with van der Waals surface area (Å²) in [6, 6.07) is 7.86. The van der Waals surface area contributed by atoms with E-state index in [4.69, 9.17) is 14.6 Å². The maximum Gasteiger partial charge on any atom is 0.341 e. The maximum atomic E-state index is 13.7. The van der Waals surface area contributed by atoms with Crippen LogP contribution in [0.1, 0.15) is 21.5 Å².